The van der Waals surface area contributed by atoms with Gasteiger partial charge in [-0.25, -0.2) is 0 Å². The van der Waals surface area contributed by atoms with E-state index in [1.165, 1.54) is 11.8 Å². The van der Waals surface area contributed by atoms with Crippen LogP contribution in [-0.4, -0.2) is 59.1 Å². The van der Waals surface area contributed by atoms with Gasteiger partial charge in [0.15, 0.2) is 11.0 Å². The maximum absolute atomic E-state index is 11.8. The molecule has 0 aliphatic rings. The molecule has 2 aromatic rings. The lowest BCUT2D eigenvalue weighted by atomic mass is 10.2. The number of aromatic nitrogens is 3. The fraction of sp³-hybridized carbons (Fsp3) is 0.438. The predicted octanol–water partition coefficient (Wildman–Crippen LogP) is 2.82. The average molecular weight is 369 g/mol. The van der Waals surface area contributed by atoms with Crippen LogP contribution in [0.5, 0.6) is 0 Å². The Hall–Kier alpha value is -1.57. The van der Waals surface area contributed by atoms with E-state index in [1.807, 2.05) is 28.8 Å². The molecule has 0 spiro atoms. The van der Waals surface area contributed by atoms with E-state index in [1.54, 1.807) is 26.1 Å². The molecule has 0 unspecified atom stereocenters. The first kappa shape index (κ1) is 18.8. The Morgan fingerprint density at radius 1 is 1.33 bits per heavy atom. The van der Waals surface area contributed by atoms with E-state index in [-0.39, 0.29) is 5.91 Å². The van der Waals surface area contributed by atoms with Gasteiger partial charge in [-0.3, -0.25) is 4.79 Å². The number of halogens is 1. The zero-order chi connectivity index (χ0) is 17.5. The molecule has 0 saturated heterocycles. The minimum Gasteiger partial charge on any atom is -0.385 e. The van der Waals surface area contributed by atoms with Crippen LogP contribution in [0.25, 0.3) is 11.4 Å². The topological polar surface area (TPSA) is 60.2 Å². The van der Waals surface area contributed by atoms with Gasteiger partial charge in [0, 0.05) is 39.9 Å². The summed E-state index contributed by atoms with van der Waals surface area (Å²) in [6, 6.07) is 7.53. The molecule has 0 saturated carbocycles. The van der Waals surface area contributed by atoms with Crippen molar-refractivity contribution in [2.24, 2.45) is 0 Å². The maximum atomic E-state index is 11.8. The molecule has 1 heterocycles. The molecule has 0 bridgehead atoms. The van der Waals surface area contributed by atoms with Crippen molar-refractivity contribution in [2.75, 3.05) is 33.6 Å². The highest BCUT2D eigenvalue weighted by molar-refractivity contribution is 7.99. The Bertz CT molecular complexity index is 690. The average Bonchev–Trinajstić information content (AvgIpc) is 2.96. The number of benzene rings is 1. The number of ether oxygens (including phenoxy) is 1. The van der Waals surface area contributed by atoms with Crippen LogP contribution >= 0.6 is 23.4 Å². The Morgan fingerprint density at radius 3 is 2.75 bits per heavy atom. The molecular formula is C16H21ClN4O2S. The maximum Gasteiger partial charge on any atom is 0.232 e. The lowest BCUT2D eigenvalue weighted by Crippen LogP contribution is -2.23. The minimum atomic E-state index is 0.0331. The fourth-order valence-electron chi connectivity index (χ4n) is 2.06. The van der Waals surface area contributed by atoms with Crippen molar-refractivity contribution >= 4 is 29.3 Å². The molecule has 1 aromatic heterocycles. The van der Waals surface area contributed by atoms with Crippen molar-refractivity contribution in [3.8, 4) is 11.4 Å². The van der Waals surface area contributed by atoms with Gasteiger partial charge < -0.3 is 14.2 Å². The molecule has 1 aromatic carbocycles. The van der Waals surface area contributed by atoms with Crippen LogP contribution in [0.2, 0.25) is 5.02 Å². The van der Waals surface area contributed by atoms with Crippen LogP contribution < -0.4 is 0 Å². The zero-order valence-corrected chi connectivity index (χ0v) is 15.6. The fourth-order valence-corrected chi connectivity index (χ4v) is 3.22. The first-order valence-corrected chi connectivity index (χ1v) is 8.91. The smallest absolute Gasteiger partial charge is 0.232 e. The molecule has 0 atom stereocenters. The molecule has 0 radical (unpaired) electrons. The standard InChI is InChI=1S/C16H21ClN4O2S/c1-20(2)14(22)11-24-16-19-18-15(21(16)9-6-10-23-3)12-7-4-5-8-13(12)17/h4-5,7-8H,6,9-11H2,1-3H3. The van der Waals surface area contributed by atoms with E-state index in [0.29, 0.717) is 34.9 Å². The normalized spacial score (nSPS) is 10.8. The molecule has 0 N–H and O–H groups in total. The quantitative estimate of drug-likeness (QED) is 0.529. The molecule has 6 nitrogen and oxygen atoms in total. The summed E-state index contributed by atoms with van der Waals surface area (Å²) in [5.74, 6) is 1.06. The highest BCUT2D eigenvalue weighted by Gasteiger charge is 2.17. The lowest BCUT2D eigenvalue weighted by molar-refractivity contribution is -0.125. The highest BCUT2D eigenvalue weighted by Crippen LogP contribution is 2.29. The van der Waals surface area contributed by atoms with Gasteiger partial charge in [-0.05, 0) is 18.6 Å². The molecular weight excluding hydrogens is 348 g/mol. The number of methoxy groups -OCH3 is 1. The van der Waals surface area contributed by atoms with Crippen molar-refractivity contribution in [1.82, 2.24) is 19.7 Å². The molecule has 0 aliphatic carbocycles. The van der Waals surface area contributed by atoms with Gasteiger partial charge in [0.2, 0.25) is 5.91 Å². The van der Waals surface area contributed by atoms with Gasteiger partial charge in [-0.1, -0.05) is 35.5 Å². The van der Waals surface area contributed by atoms with E-state index in [9.17, 15) is 4.79 Å². The number of thioether (sulfide) groups is 1. The third kappa shape index (κ3) is 4.72. The van der Waals surface area contributed by atoms with Crippen molar-refractivity contribution in [3.05, 3.63) is 29.3 Å². The van der Waals surface area contributed by atoms with E-state index in [4.69, 9.17) is 16.3 Å². The molecule has 24 heavy (non-hydrogen) atoms. The Kier molecular flexibility index (Phi) is 7.08. The summed E-state index contributed by atoms with van der Waals surface area (Å²) in [4.78, 5) is 13.4. The van der Waals surface area contributed by atoms with Crippen LogP contribution in [0.3, 0.4) is 0 Å². The van der Waals surface area contributed by atoms with Crippen LogP contribution in [-0.2, 0) is 16.1 Å². The number of amides is 1. The van der Waals surface area contributed by atoms with Crippen LogP contribution in [0.1, 0.15) is 6.42 Å². The van der Waals surface area contributed by atoms with E-state index >= 15 is 0 Å². The molecule has 1 amide bonds. The van der Waals surface area contributed by atoms with E-state index in [0.717, 1.165) is 12.0 Å². The predicted molar refractivity (Wildman–Crippen MR) is 96.4 cm³/mol. The summed E-state index contributed by atoms with van der Waals surface area (Å²) >= 11 is 7.67. The molecule has 8 heteroatoms. The number of carbonyl (C=O) groups excluding carboxylic acids is 1. The number of nitrogens with zero attached hydrogens (tertiary/aromatic N) is 4. The lowest BCUT2D eigenvalue weighted by Gasteiger charge is -2.12. The van der Waals surface area contributed by atoms with Gasteiger partial charge >= 0.3 is 0 Å². The number of hydrogen-bond donors (Lipinski definition) is 0. The first-order valence-electron chi connectivity index (χ1n) is 7.54. The largest absolute Gasteiger partial charge is 0.385 e. The third-order valence-electron chi connectivity index (χ3n) is 3.39. The van der Waals surface area contributed by atoms with Crippen LogP contribution in [0.15, 0.2) is 29.4 Å². The number of carbonyl (C=O) groups is 1. The molecule has 130 valence electrons. The second kappa shape index (κ2) is 9.05. The molecule has 0 aliphatic heterocycles. The SMILES string of the molecule is COCCCn1c(SCC(=O)N(C)C)nnc1-c1ccccc1Cl. The van der Waals surface area contributed by atoms with Crippen molar-refractivity contribution < 1.29 is 9.53 Å². The van der Waals surface area contributed by atoms with Gasteiger partial charge in [-0.2, -0.15) is 0 Å². The van der Waals surface area contributed by atoms with E-state index in [2.05, 4.69) is 10.2 Å². The summed E-state index contributed by atoms with van der Waals surface area (Å²) < 4.78 is 7.13. The summed E-state index contributed by atoms with van der Waals surface area (Å²) in [5, 5.41) is 9.87. The van der Waals surface area contributed by atoms with E-state index < -0.39 is 0 Å². The highest BCUT2D eigenvalue weighted by atomic mass is 35.5. The summed E-state index contributed by atoms with van der Waals surface area (Å²) in [6.45, 7) is 1.33. The summed E-state index contributed by atoms with van der Waals surface area (Å²) in [5.41, 5.74) is 0.829. The van der Waals surface area contributed by atoms with Gasteiger partial charge in [0.05, 0.1) is 10.8 Å². The Labute approximate surface area is 151 Å². The summed E-state index contributed by atoms with van der Waals surface area (Å²) in [6.07, 6.45) is 0.821. The molecule has 0 fully saturated rings. The zero-order valence-electron chi connectivity index (χ0n) is 14.0. The monoisotopic (exact) mass is 368 g/mol. The van der Waals surface area contributed by atoms with Crippen molar-refractivity contribution in [2.45, 2.75) is 18.1 Å². The Balaban J connectivity index is 2.27. The van der Waals surface area contributed by atoms with Gasteiger partial charge in [0.1, 0.15) is 0 Å². The van der Waals surface area contributed by atoms with Crippen LogP contribution in [0, 0.1) is 0 Å². The van der Waals surface area contributed by atoms with Gasteiger partial charge in [0.25, 0.3) is 0 Å². The van der Waals surface area contributed by atoms with Crippen molar-refractivity contribution in [1.29, 1.82) is 0 Å². The Morgan fingerprint density at radius 2 is 2.08 bits per heavy atom. The summed E-state index contributed by atoms with van der Waals surface area (Å²) in [7, 11) is 5.15. The third-order valence-corrected chi connectivity index (χ3v) is 4.67. The first-order chi connectivity index (χ1) is 11.5. The second-order valence-corrected chi connectivity index (χ2v) is 6.71. The van der Waals surface area contributed by atoms with Crippen LogP contribution in [0.4, 0.5) is 0 Å². The van der Waals surface area contributed by atoms with Crippen molar-refractivity contribution in [3.63, 3.8) is 0 Å². The molecule has 2 rings (SSSR count). The number of rotatable bonds is 8. The second-order valence-electron chi connectivity index (χ2n) is 5.36. The minimum absolute atomic E-state index is 0.0331. The number of hydrogen-bond acceptors (Lipinski definition) is 5. The van der Waals surface area contributed by atoms with Gasteiger partial charge in [-0.15, -0.1) is 10.2 Å².